The van der Waals surface area contributed by atoms with Gasteiger partial charge in [0.2, 0.25) is 11.8 Å². The fourth-order valence-electron chi connectivity index (χ4n) is 1.97. The van der Waals surface area contributed by atoms with Crippen LogP contribution < -0.4 is 10.6 Å². The van der Waals surface area contributed by atoms with Crippen LogP contribution in [0.25, 0.3) is 0 Å². The molecule has 6 nitrogen and oxygen atoms in total. The van der Waals surface area contributed by atoms with Crippen molar-refractivity contribution in [1.82, 2.24) is 5.32 Å². The Labute approximate surface area is 126 Å². The van der Waals surface area contributed by atoms with Crippen molar-refractivity contribution in [3.8, 4) is 0 Å². The molecule has 2 amide bonds. The number of halogens is 1. The van der Waals surface area contributed by atoms with Gasteiger partial charge in [0.1, 0.15) is 0 Å². The molecule has 1 saturated carbocycles. The number of carbonyl (C=O) groups is 3. The van der Waals surface area contributed by atoms with E-state index in [0.29, 0.717) is 17.1 Å². The Bertz CT molecular complexity index is 603. The molecule has 1 aliphatic rings. The van der Waals surface area contributed by atoms with E-state index in [2.05, 4.69) is 10.6 Å². The summed E-state index contributed by atoms with van der Waals surface area (Å²) in [6, 6.07) is 5.21. The van der Waals surface area contributed by atoms with Crippen molar-refractivity contribution in [3.63, 3.8) is 0 Å². The molecule has 21 heavy (non-hydrogen) atoms. The minimum absolute atomic E-state index is 0.216. The first-order chi connectivity index (χ1) is 9.88. The molecule has 0 aliphatic heterocycles. The van der Waals surface area contributed by atoms with E-state index in [1.54, 1.807) is 12.1 Å². The average molecular weight is 311 g/mol. The maximum atomic E-state index is 11.7. The number of hydrogen-bond donors (Lipinski definition) is 3. The largest absolute Gasteiger partial charge is 0.481 e. The van der Waals surface area contributed by atoms with Crippen LogP contribution in [0, 0.1) is 18.8 Å². The van der Waals surface area contributed by atoms with Gasteiger partial charge in [-0.05, 0) is 31.0 Å². The number of carboxylic acids is 1. The number of carbonyl (C=O) groups excluding carboxylic acids is 2. The van der Waals surface area contributed by atoms with Crippen LogP contribution in [0.2, 0.25) is 5.02 Å². The highest BCUT2D eigenvalue weighted by Gasteiger charge is 2.48. The van der Waals surface area contributed by atoms with Crippen LogP contribution in [-0.2, 0) is 14.4 Å². The Morgan fingerprint density at radius 3 is 2.62 bits per heavy atom. The maximum Gasteiger partial charge on any atom is 0.307 e. The molecule has 0 saturated heterocycles. The van der Waals surface area contributed by atoms with Crippen molar-refractivity contribution < 1.29 is 19.5 Å². The van der Waals surface area contributed by atoms with E-state index in [1.165, 1.54) is 0 Å². The van der Waals surface area contributed by atoms with Crippen LogP contribution in [0.1, 0.15) is 12.0 Å². The maximum absolute atomic E-state index is 11.7. The number of benzene rings is 1. The lowest BCUT2D eigenvalue weighted by Crippen LogP contribution is -2.34. The van der Waals surface area contributed by atoms with E-state index in [1.807, 2.05) is 13.0 Å². The Hall–Kier alpha value is -2.08. The van der Waals surface area contributed by atoms with E-state index in [9.17, 15) is 14.4 Å². The summed E-state index contributed by atoms with van der Waals surface area (Å²) in [7, 11) is 0. The van der Waals surface area contributed by atoms with Crippen molar-refractivity contribution in [1.29, 1.82) is 0 Å². The molecule has 1 aromatic carbocycles. The van der Waals surface area contributed by atoms with E-state index in [0.717, 1.165) is 5.56 Å². The second-order valence-electron chi connectivity index (χ2n) is 5.04. The molecule has 1 aromatic rings. The number of hydrogen-bond acceptors (Lipinski definition) is 3. The van der Waals surface area contributed by atoms with Crippen LogP contribution >= 0.6 is 11.6 Å². The second-order valence-corrected chi connectivity index (χ2v) is 5.44. The number of carboxylic acid groups (broad SMARTS) is 1. The molecule has 1 aliphatic carbocycles. The van der Waals surface area contributed by atoms with Crippen LogP contribution in [0.15, 0.2) is 18.2 Å². The van der Waals surface area contributed by atoms with Gasteiger partial charge in [0.15, 0.2) is 0 Å². The molecular weight excluding hydrogens is 296 g/mol. The Morgan fingerprint density at radius 1 is 1.33 bits per heavy atom. The van der Waals surface area contributed by atoms with Crippen LogP contribution in [0.4, 0.5) is 5.69 Å². The average Bonchev–Trinajstić information content (AvgIpc) is 3.20. The number of amides is 2. The summed E-state index contributed by atoms with van der Waals surface area (Å²) < 4.78 is 0. The number of nitrogens with one attached hydrogen (secondary N) is 2. The van der Waals surface area contributed by atoms with Crippen LogP contribution in [-0.4, -0.2) is 29.4 Å². The first-order valence-electron chi connectivity index (χ1n) is 6.45. The molecule has 0 aromatic heterocycles. The predicted octanol–water partition coefficient (Wildman–Crippen LogP) is 1.42. The smallest absolute Gasteiger partial charge is 0.307 e. The molecule has 2 unspecified atom stereocenters. The molecule has 1 fully saturated rings. The first-order valence-corrected chi connectivity index (χ1v) is 6.83. The van der Waals surface area contributed by atoms with Crippen LogP contribution in [0.5, 0.6) is 0 Å². The molecule has 0 spiro atoms. The zero-order chi connectivity index (χ0) is 15.6. The molecule has 0 radical (unpaired) electrons. The summed E-state index contributed by atoms with van der Waals surface area (Å²) in [6.07, 6.45) is 0.326. The Morgan fingerprint density at radius 2 is 2.05 bits per heavy atom. The van der Waals surface area contributed by atoms with Crippen molar-refractivity contribution in [3.05, 3.63) is 28.8 Å². The molecule has 112 valence electrons. The highest BCUT2D eigenvalue weighted by Crippen LogP contribution is 2.38. The monoisotopic (exact) mass is 310 g/mol. The van der Waals surface area contributed by atoms with Gasteiger partial charge in [-0.2, -0.15) is 0 Å². The topological polar surface area (TPSA) is 95.5 Å². The predicted molar refractivity (Wildman–Crippen MR) is 77.1 cm³/mol. The van der Waals surface area contributed by atoms with Gasteiger partial charge in [0, 0.05) is 0 Å². The summed E-state index contributed by atoms with van der Waals surface area (Å²) in [6.45, 7) is 1.66. The molecular formula is C14H15ClN2O4. The van der Waals surface area contributed by atoms with Crippen molar-refractivity contribution in [2.75, 3.05) is 11.9 Å². The Kier molecular flexibility index (Phi) is 4.47. The lowest BCUT2D eigenvalue weighted by atomic mass is 10.2. The molecule has 7 heteroatoms. The van der Waals surface area contributed by atoms with E-state index in [4.69, 9.17) is 16.7 Å². The van der Waals surface area contributed by atoms with E-state index in [-0.39, 0.29) is 6.54 Å². The molecule has 0 bridgehead atoms. The summed E-state index contributed by atoms with van der Waals surface area (Å²) in [5, 5.41) is 14.2. The standard InChI is InChI=1S/C14H15ClN2O4/c1-7-2-3-11(10(15)4-7)17-12(18)6-16-13(19)8-5-9(8)14(20)21/h2-4,8-9H,5-6H2,1H3,(H,16,19)(H,17,18)(H,20,21). The zero-order valence-electron chi connectivity index (χ0n) is 11.4. The van der Waals surface area contributed by atoms with Gasteiger partial charge in [0.05, 0.1) is 29.1 Å². The van der Waals surface area contributed by atoms with Gasteiger partial charge in [-0.3, -0.25) is 14.4 Å². The van der Waals surface area contributed by atoms with Crippen LogP contribution in [0.3, 0.4) is 0 Å². The lowest BCUT2D eigenvalue weighted by Gasteiger charge is -2.08. The van der Waals surface area contributed by atoms with Gasteiger partial charge < -0.3 is 15.7 Å². The zero-order valence-corrected chi connectivity index (χ0v) is 12.1. The normalized spacial score (nSPS) is 19.7. The fourth-order valence-corrected chi connectivity index (χ4v) is 2.25. The number of rotatable bonds is 5. The van der Waals surface area contributed by atoms with E-state index < -0.39 is 29.6 Å². The quantitative estimate of drug-likeness (QED) is 0.766. The van der Waals surface area contributed by atoms with Gasteiger partial charge in [-0.25, -0.2) is 0 Å². The number of anilines is 1. The third kappa shape index (κ3) is 3.95. The summed E-state index contributed by atoms with van der Waals surface area (Å²) in [5.74, 6) is -2.96. The van der Waals surface area contributed by atoms with Crippen molar-refractivity contribution in [2.24, 2.45) is 11.8 Å². The molecule has 0 heterocycles. The number of aryl methyl sites for hydroxylation is 1. The Balaban J connectivity index is 1.80. The third-order valence-corrected chi connectivity index (χ3v) is 3.58. The molecule has 3 N–H and O–H groups in total. The molecule has 2 rings (SSSR count). The lowest BCUT2D eigenvalue weighted by molar-refractivity contribution is -0.140. The minimum Gasteiger partial charge on any atom is -0.481 e. The highest BCUT2D eigenvalue weighted by atomic mass is 35.5. The summed E-state index contributed by atoms with van der Waals surface area (Å²) >= 11 is 5.98. The summed E-state index contributed by atoms with van der Waals surface area (Å²) in [5.41, 5.74) is 1.44. The SMILES string of the molecule is Cc1ccc(NC(=O)CNC(=O)C2CC2C(=O)O)c(Cl)c1. The van der Waals surface area contributed by atoms with Gasteiger partial charge in [-0.15, -0.1) is 0 Å². The minimum atomic E-state index is -0.981. The highest BCUT2D eigenvalue weighted by molar-refractivity contribution is 6.33. The van der Waals surface area contributed by atoms with Gasteiger partial charge >= 0.3 is 5.97 Å². The third-order valence-electron chi connectivity index (χ3n) is 3.27. The molecule has 2 atom stereocenters. The van der Waals surface area contributed by atoms with Gasteiger partial charge in [0.25, 0.3) is 0 Å². The van der Waals surface area contributed by atoms with E-state index >= 15 is 0 Å². The van der Waals surface area contributed by atoms with Gasteiger partial charge in [-0.1, -0.05) is 17.7 Å². The second kappa shape index (κ2) is 6.13. The fraction of sp³-hybridized carbons (Fsp3) is 0.357. The first kappa shape index (κ1) is 15.3. The summed E-state index contributed by atoms with van der Waals surface area (Å²) in [4.78, 5) is 34.0. The van der Waals surface area contributed by atoms with Crippen molar-refractivity contribution >= 4 is 35.1 Å². The number of aliphatic carboxylic acids is 1. The van der Waals surface area contributed by atoms with Crippen molar-refractivity contribution in [2.45, 2.75) is 13.3 Å².